The van der Waals surface area contributed by atoms with Gasteiger partial charge in [0.05, 0.1) is 23.9 Å². The fourth-order valence-electron chi connectivity index (χ4n) is 2.14. The summed E-state index contributed by atoms with van der Waals surface area (Å²) in [6.07, 6.45) is 3.02. The summed E-state index contributed by atoms with van der Waals surface area (Å²) in [5.41, 5.74) is 1.20. The van der Waals surface area contributed by atoms with Crippen molar-refractivity contribution in [2.45, 2.75) is 26.3 Å². The predicted molar refractivity (Wildman–Crippen MR) is 87.0 cm³/mol. The SMILES string of the molecule is CC(C)N(CCC(=O)O)C(=O)c1cnn(-c2ccc(Cl)cc2)c1. The number of nitrogens with zero attached hydrogens (tertiary/aromatic N) is 3. The molecule has 7 heteroatoms. The fourth-order valence-corrected chi connectivity index (χ4v) is 2.27. The lowest BCUT2D eigenvalue weighted by molar-refractivity contribution is -0.137. The predicted octanol–water partition coefficient (Wildman–Crippen LogP) is 2.85. The van der Waals surface area contributed by atoms with Gasteiger partial charge in [0.25, 0.3) is 5.91 Å². The lowest BCUT2D eigenvalue weighted by Crippen LogP contribution is -2.38. The van der Waals surface area contributed by atoms with E-state index < -0.39 is 5.97 Å². The van der Waals surface area contributed by atoms with Gasteiger partial charge in [-0.25, -0.2) is 4.68 Å². The van der Waals surface area contributed by atoms with Gasteiger partial charge in [0.15, 0.2) is 0 Å². The van der Waals surface area contributed by atoms with Crippen molar-refractivity contribution in [3.63, 3.8) is 0 Å². The standard InChI is InChI=1S/C16H18ClN3O3/c1-11(2)19(8-7-15(21)22)16(23)12-9-18-20(10-12)14-5-3-13(17)4-6-14/h3-6,9-11H,7-8H2,1-2H3,(H,21,22). The molecular weight excluding hydrogens is 318 g/mol. The van der Waals surface area contributed by atoms with Crippen LogP contribution in [0, 0.1) is 0 Å². The highest BCUT2D eigenvalue weighted by atomic mass is 35.5. The molecule has 23 heavy (non-hydrogen) atoms. The van der Waals surface area contributed by atoms with E-state index in [2.05, 4.69) is 5.10 Å². The van der Waals surface area contributed by atoms with Gasteiger partial charge in [-0.3, -0.25) is 9.59 Å². The average Bonchev–Trinajstić information content (AvgIpc) is 2.97. The minimum Gasteiger partial charge on any atom is -0.481 e. The number of carbonyl (C=O) groups is 2. The Morgan fingerprint density at radius 1 is 1.30 bits per heavy atom. The van der Waals surface area contributed by atoms with E-state index in [4.69, 9.17) is 16.7 Å². The molecule has 2 rings (SSSR count). The Morgan fingerprint density at radius 3 is 2.52 bits per heavy atom. The molecule has 0 saturated carbocycles. The zero-order valence-electron chi connectivity index (χ0n) is 12.9. The Kier molecular flexibility index (Phi) is 5.39. The monoisotopic (exact) mass is 335 g/mol. The van der Waals surface area contributed by atoms with Crippen LogP contribution in [0.2, 0.25) is 5.02 Å². The molecule has 0 spiro atoms. The quantitative estimate of drug-likeness (QED) is 0.880. The van der Waals surface area contributed by atoms with Crippen molar-refractivity contribution < 1.29 is 14.7 Å². The number of carbonyl (C=O) groups excluding carboxylic acids is 1. The number of aliphatic carboxylic acids is 1. The molecule has 1 N–H and O–H groups in total. The summed E-state index contributed by atoms with van der Waals surface area (Å²) >= 11 is 5.85. The largest absolute Gasteiger partial charge is 0.481 e. The summed E-state index contributed by atoms with van der Waals surface area (Å²) in [5, 5.41) is 13.6. The van der Waals surface area contributed by atoms with E-state index in [0.717, 1.165) is 5.69 Å². The van der Waals surface area contributed by atoms with E-state index in [9.17, 15) is 9.59 Å². The summed E-state index contributed by atoms with van der Waals surface area (Å²) in [7, 11) is 0. The maximum atomic E-state index is 12.6. The fraction of sp³-hybridized carbons (Fsp3) is 0.312. The van der Waals surface area contributed by atoms with Gasteiger partial charge < -0.3 is 10.0 Å². The average molecular weight is 336 g/mol. The molecule has 1 amide bonds. The lowest BCUT2D eigenvalue weighted by Gasteiger charge is -2.25. The first-order chi connectivity index (χ1) is 10.9. The van der Waals surface area contributed by atoms with Crippen molar-refractivity contribution >= 4 is 23.5 Å². The Morgan fingerprint density at radius 2 is 1.96 bits per heavy atom. The molecule has 2 aromatic rings. The van der Waals surface area contributed by atoms with Crippen LogP contribution < -0.4 is 0 Å². The van der Waals surface area contributed by atoms with Gasteiger partial charge in [-0.1, -0.05) is 11.6 Å². The highest BCUT2D eigenvalue weighted by Gasteiger charge is 2.21. The van der Waals surface area contributed by atoms with Crippen molar-refractivity contribution in [3.05, 3.63) is 47.2 Å². The Balaban J connectivity index is 2.18. The zero-order chi connectivity index (χ0) is 17.0. The first-order valence-corrected chi connectivity index (χ1v) is 7.59. The summed E-state index contributed by atoms with van der Waals surface area (Å²) in [5.74, 6) is -1.17. The molecular formula is C16H18ClN3O3. The zero-order valence-corrected chi connectivity index (χ0v) is 13.7. The first kappa shape index (κ1) is 17.0. The summed E-state index contributed by atoms with van der Waals surface area (Å²) in [4.78, 5) is 24.8. The normalized spacial score (nSPS) is 10.8. The maximum Gasteiger partial charge on any atom is 0.305 e. The van der Waals surface area contributed by atoms with Crippen molar-refractivity contribution in [2.75, 3.05) is 6.54 Å². The van der Waals surface area contributed by atoms with Crippen molar-refractivity contribution in [1.82, 2.24) is 14.7 Å². The molecule has 122 valence electrons. The number of hydrogen-bond donors (Lipinski definition) is 1. The molecule has 0 saturated heterocycles. The van der Waals surface area contributed by atoms with Crippen molar-refractivity contribution in [2.24, 2.45) is 0 Å². The number of aromatic nitrogens is 2. The third kappa shape index (κ3) is 4.32. The Bertz CT molecular complexity index is 695. The van der Waals surface area contributed by atoms with Gasteiger partial charge in [-0.15, -0.1) is 0 Å². The number of hydrogen-bond acceptors (Lipinski definition) is 3. The molecule has 1 aromatic carbocycles. The Labute approximate surface area is 139 Å². The molecule has 1 aromatic heterocycles. The van der Waals surface area contributed by atoms with Gasteiger partial charge in [-0.05, 0) is 38.1 Å². The molecule has 0 bridgehead atoms. The van der Waals surface area contributed by atoms with Crippen LogP contribution in [0.25, 0.3) is 5.69 Å². The maximum absolute atomic E-state index is 12.6. The van der Waals surface area contributed by atoms with Crippen LogP contribution in [-0.2, 0) is 4.79 Å². The van der Waals surface area contributed by atoms with Crippen molar-refractivity contribution in [1.29, 1.82) is 0 Å². The second kappa shape index (κ2) is 7.28. The van der Waals surface area contributed by atoms with E-state index in [1.165, 1.54) is 11.1 Å². The van der Waals surface area contributed by atoms with Crippen LogP contribution in [0.5, 0.6) is 0 Å². The second-order valence-corrected chi connectivity index (χ2v) is 5.82. The minimum atomic E-state index is -0.930. The van der Waals surface area contributed by atoms with Gasteiger partial charge in [0.1, 0.15) is 0 Å². The van der Waals surface area contributed by atoms with Crippen LogP contribution >= 0.6 is 11.6 Å². The van der Waals surface area contributed by atoms with Crippen LogP contribution in [0.4, 0.5) is 0 Å². The third-order valence-electron chi connectivity index (χ3n) is 3.37. The number of amides is 1. The van der Waals surface area contributed by atoms with Crippen molar-refractivity contribution in [3.8, 4) is 5.69 Å². The number of carboxylic acids is 1. The molecule has 0 radical (unpaired) electrons. The van der Waals surface area contributed by atoms with Gasteiger partial charge in [0, 0.05) is 23.8 Å². The molecule has 0 fully saturated rings. The molecule has 0 unspecified atom stereocenters. The Hall–Kier alpha value is -2.34. The first-order valence-electron chi connectivity index (χ1n) is 7.22. The number of halogens is 1. The number of rotatable bonds is 6. The van der Waals surface area contributed by atoms with Crippen LogP contribution in [-0.4, -0.2) is 44.3 Å². The van der Waals surface area contributed by atoms with Gasteiger partial charge in [0.2, 0.25) is 0 Å². The van der Waals surface area contributed by atoms with E-state index in [1.807, 2.05) is 13.8 Å². The smallest absolute Gasteiger partial charge is 0.305 e. The van der Waals surface area contributed by atoms with Gasteiger partial charge in [-0.2, -0.15) is 5.10 Å². The van der Waals surface area contributed by atoms with Crippen LogP contribution in [0.1, 0.15) is 30.6 Å². The minimum absolute atomic E-state index is 0.0881. The number of benzene rings is 1. The molecule has 0 atom stereocenters. The molecule has 6 nitrogen and oxygen atoms in total. The topological polar surface area (TPSA) is 75.4 Å². The van der Waals surface area contributed by atoms with E-state index in [-0.39, 0.29) is 24.9 Å². The number of carboxylic acid groups (broad SMARTS) is 1. The lowest BCUT2D eigenvalue weighted by atomic mass is 10.2. The van der Waals surface area contributed by atoms with Crippen LogP contribution in [0.3, 0.4) is 0 Å². The molecule has 0 aliphatic heterocycles. The summed E-state index contributed by atoms with van der Waals surface area (Å²) in [6, 6.07) is 6.99. The van der Waals surface area contributed by atoms with Crippen LogP contribution in [0.15, 0.2) is 36.7 Å². The molecule has 1 heterocycles. The highest BCUT2D eigenvalue weighted by Crippen LogP contribution is 2.15. The van der Waals surface area contributed by atoms with E-state index in [0.29, 0.717) is 10.6 Å². The third-order valence-corrected chi connectivity index (χ3v) is 3.62. The van der Waals surface area contributed by atoms with Gasteiger partial charge >= 0.3 is 5.97 Å². The second-order valence-electron chi connectivity index (χ2n) is 5.39. The van der Waals surface area contributed by atoms with E-state index in [1.54, 1.807) is 35.1 Å². The molecule has 0 aliphatic carbocycles. The summed E-state index contributed by atoms with van der Waals surface area (Å²) < 4.78 is 1.58. The highest BCUT2D eigenvalue weighted by molar-refractivity contribution is 6.30. The molecule has 0 aliphatic rings. The van der Waals surface area contributed by atoms with E-state index >= 15 is 0 Å². The summed E-state index contributed by atoms with van der Waals surface area (Å²) in [6.45, 7) is 3.87.